The summed E-state index contributed by atoms with van der Waals surface area (Å²) >= 11 is 26.0. The Balaban J connectivity index is 1.05. The molecule has 60 heavy (non-hydrogen) atoms. The van der Waals surface area contributed by atoms with Crippen LogP contribution in [0.3, 0.4) is 0 Å². The van der Waals surface area contributed by atoms with Crippen molar-refractivity contribution in [2.75, 3.05) is 15.2 Å². The molecule has 0 spiro atoms. The lowest BCUT2D eigenvalue weighted by Gasteiger charge is -2.22. The highest BCUT2D eigenvalue weighted by Crippen LogP contribution is 2.40. The van der Waals surface area contributed by atoms with Gasteiger partial charge in [0.15, 0.2) is 6.04 Å². The third kappa shape index (κ3) is 12.0. The van der Waals surface area contributed by atoms with Crippen molar-refractivity contribution in [2.24, 2.45) is 16.1 Å². The van der Waals surface area contributed by atoms with Crippen molar-refractivity contribution >= 4 is 97.6 Å². The van der Waals surface area contributed by atoms with Crippen LogP contribution in [0.1, 0.15) is 122 Å². The number of unbranched alkanes of at least 4 members (excludes halogenated alkanes) is 15. The van der Waals surface area contributed by atoms with Gasteiger partial charge in [0.2, 0.25) is 11.8 Å². The van der Waals surface area contributed by atoms with Gasteiger partial charge >= 0.3 is 0 Å². The number of nitrogens with zero attached hydrogens (tertiary/aromatic N) is 4. The highest BCUT2D eigenvalue weighted by atomic mass is 35.5. The minimum atomic E-state index is -1.12. The highest BCUT2D eigenvalue weighted by Gasteiger charge is 2.44. The van der Waals surface area contributed by atoms with Crippen molar-refractivity contribution in [2.45, 2.75) is 135 Å². The molecule has 320 valence electrons. The van der Waals surface area contributed by atoms with Crippen molar-refractivity contribution < 1.29 is 14.4 Å². The standard InChI is InChI=1S/C47H56Cl4N6O3/c1-2-3-4-5-6-7-8-9-10-11-12-13-14-15-16-17-22-33-28-42(58)56(46(33)59)35-26-27-37(49)41(31-35)52-45-43(54-53-40-25-20-23-32-21-18-19-24-36(32)40)47(60)57(55-45)44-38(50)29-34(48)30-39(44)51/h18-21,23-27,29-31,33,43,45,52,55H,2-17,22,28H2,1H3/t33-,43-,45+/m1/s1. The number of benzene rings is 4. The Bertz CT molecular complexity index is 2100. The number of rotatable bonds is 23. The van der Waals surface area contributed by atoms with Crippen LogP contribution in [0.5, 0.6) is 0 Å². The van der Waals surface area contributed by atoms with Crippen LogP contribution >= 0.6 is 46.4 Å². The van der Waals surface area contributed by atoms with Gasteiger partial charge in [0.25, 0.3) is 5.91 Å². The summed E-state index contributed by atoms with van der Waals surface area (Å²) in [7, 11) is 0. The number of fused-ring (bicyclic) bond motifs is 1. The van der Waals surface area contributed by atoms with Crippen LogP contribution in [0.2, 0.25) is 20.1 Å². The number of halogens is 4. The molecule has 3 atom stereocenters. The molecule has 4 aromatic rings. The van der Waals surface area contributed by atoms with Crippen LogP contribution in [-0.4, -0.2) is 29.9 Å². The van der Waals surface area contributed by atoms with Crippen LogP contribution in [0.25, 0.3) is 10.8 Å². The summed E-state index contributed by atoms with van der Waals surface area (Å²) in [6.07, 6.45) is 20.5. The van der Waals surface area contributed by atoms with E-state index < -0.39 is 18.1 Å². The van der Waals surface area contributed by atoms with Crippen molar-refractivity contribution in [3.8, 4) is 0 Å². The minimum absolute atomic E-state index is 0.152. The summed E-state index contributed by atoms with van der Waals surface area (Å²) in [5.74, 6) is -1.30. The van der Waals surface area contributed by atoms with E-state index in [0.717, 1.165) is 30.0 Å². The molecule has 9 nitrogen and oxygen atoms in total. The van der Waals surface area contributed by atoms with Gasteiger partial charge in [0.1, 0.15) is 6.17 Å². The molecule has 2 aliphatic heterocycles. The van der Waals surface area contributed by atoms with Crippen LogP contribution in [0, 0.1) is 5.92 Å². The molecule has 0 saturated carbocycles. The first-order valence-electron chi connectivity index (χ1n) is 21.7. The molecule has 2 saturated heterocycles. The van der Waals surface area contributed by atoms with E-state index in [9.17, 15) is 14.4 Å². The average Bonchev–Trinajstić information content (AvgIpc) is 3.69. The normalized spacial score (nSPS) is 18.2. The van der Waals surface area contributed by atoms with E-state index in [1.807, 2.05) is 42.5 Å². The third-order valence-corrected chi connectivity index (χ3v) is 12.6. The topological polar surface area (TPSA) is 106 Å². The highest BCUT2D eigenvalue weighted by molar-refractivity contribution is 6.42. The van der Waals surface area contributed by atoms with Gasteiger partial charge in [-0.15, -0.1) is 0 Å². The summed E-state index contributed by atoms with van der Waals surface area (Å²) in [5, 5.41) is 16.3. The Morgan fingerprint density at radius 2 is 1.28 bits per heavy atom. The Kier molecular flexibility index (Phi) is 17.5. The molecule has 2 N–H and O–H groups in total. The summed E-state index contributed by atoms with van der Waals surface area (Å²) < 4.78 is 0. The average molecular weight is 895 g/mol. The second-order valence-electron chi connectivity index (χ2n) is 16.0. The van der Waals surface area contributed by atoms with Crippen LogP contribution in [-0.2, 0) is 14.4 Å². The number of hydrogen-bond acceptors (Lipinski definition) is 7. The Labute approximate surface area is 374 Å². The molecule has 0 radical (unpaired) electrons. The zero-order chi connectivity index (χ0) is 42.4. The van der Waals surface area contributed by atoms with Crippen molar-refractivity contribution in [3.63, 3.8) is 0 Å². The van der Waals surface area contributed by atoms with Crippen LogP contribution in [0.4, 0.5) is 22.7 Å². The second kappa shape index (κ2) is 22.9. The second-order valence-corrected chi connectivity index (χ2v) is 17.7. The zero-order valence-corrected chi connectivity index (χ0v) is 37.4. The number of hydrogen-bond donors (Lipinski definition) is 2. The molecule has 0 aliphatic carbocycles. The van der Waals surface area contributed by atoms with E-state index in [2.05, 4.69) is 27.9 Å². The Morgan fingerprint density at radius 1 is 0.683 bits per heavy atom. The maximum absolute atomic E-state index is 14.1. The van der Waals surface area contributed by atoms with Crippen molar-refractivity contribution in [1.82, 2.24) is 5.43 Å². The first-order chi connectivity index (χ1) is 29.2. The van der Waals surface area contributed by atoms with Crippen LogP contribution in [0.15, 0.2) is 83.0 Å². The summed E-state index contributed by atoms with van der Waals surface area (Å²) in [6.45, 7) is 2.27. The lowest BCUT2D eigenvalue weighted by molar-refractivity contribution is -0.122. The van der Waals surface area contributed by atoms with E-state index in [-0.39, 0.29) is 39.9 Å². The van der Waals surface area contributed by atoms with Gasteiger partial charge in [-0.2, -0.15) is 10.2 Å². The van der Waals surface area contributed by atoms with Gasteiger partial charge in [-0.05, 0) is 48.2 Å². The van der Waals surface area contributed by atoms with E-state index in [4.69, 9.17) is 46.4 Å². The molecular formula is C47H56Cl4N6O3. The molecule has 2 heterocycles. The molecular weight excluding hydrogens is 838 g/mol. The Hall–Kier alpha value is -3.73. The van der Waals surface area contributed by atoms with Gasteiger partial charge in [-0.3, -0.25) is 19.3 Å². The molecule has 3 amide bonds. The number of imide groups is 1. The van der Waals surface area contributed by atoms with E-state index in [1.54, 1.807) is 18.2 Å². The SMILES string of the molecule is CCCCCCCCCCCCCCCCCC[C@@H]1CC(=O)N(c2ccc(Cl)c(N[C@H]3NN(c4c(Cl)cc(Cl)cc4Cl)C(=O)[C@@H]3N=Nc3cccc4ccccc34)c2)C1=O. The van der Waals surface area contributed by atoms with Gasteiger partial charge in [-0.25, -0.2) is 10.4 Å². The van der Waals surface area contributed by atoms with Crippen molar-refractivity contribution in [3.05, 3.63) is 92.9 Å². The van der Waals surface area contributed by atoms with E-state index in [0.29, 0.717) is 33.5 Å². The van der Waals surface area contributed by atoms with Crippen LogP contribution < -0.4 is 20.7 Å². The molecule has 13 heteroatoms. The lowest BCUT2D eigenvalue weighted by atomic mass is 9.98. The Morgan fingerprint density at radius 3 is 1.93 bits per heavy atom. The molecule has 2 aliphatic rings. The fourth-order valence-electron chi connectivity index (χ4n) is 8.18. The number of nitrogens with one attached hydrogen (secondary N) is 2. The maximum Gasteiger partial charge on any atom is 0.271 e. The van der Waals surface area contributed by atoms with Gasteiger partial charge < -0.3 is 5.32 Å². The molecule has 0 aromatic heterocycles. The summed E-state index contributed by atoms with van der Waals surface area (Å²) in [4.78, 5) is 42.4. The largest absolute Gasteiger partial charge is 0.365 e. The maximum atomic E-state index is 14.1. The quantitative estimate of drug-likeness (QED) is 0.0438. The van der Waals surface area contributed by atoms with Gasteiger partial charge in [0.05, 0.1) is 37.8 Å². The number of carbonyl (C=O) groups is 3. The molecule has 4 aromatic carbocycles. The van der Waals surface area contributed by atoms with E-state index in [1.165, 1.54) is 106 Å². The summed E-state index contributed by atoms with van der Waals surface area (Å²) in [5.41, 5.74) is 4.69. The predicted molar refractivity (Wildman–Crippen MR) is 248 cm³/mol. The lowest BCUT2D eigenvalue weighted by Crippen LogP contribution is -2.42. The van der Waals surface area contributed by atoms with E-state index >= 15 is 0 Å². The number of carbonyl (C=O) groups excluding carboxylic acids is 3. The number of anilines is 3. The predicted octanol–water partition coefficient (Wildman–Crippen LogP) is 14.4. The zero-order valence-electron chi connectivity index (χ0n) is 34.4. The monoisotopic (exact) mass is 892 g/mol. The molecule has 0 bridgehead atoms. The molecule has 0 unspecified atom stereocenters. The fraction of sp³-hybridized carbons (Fsp3) is 0.468. The molecule has 2 fully saturated rings. The number of azo groups is 1. The number of hydrazine groups is 1. The number of amides is 3. The smallest absolute Gasteiger partial charge is 0.271 e. The first-order valence-corrected chi connectivity index (χ1v) is 23.2. The van der Waals surface area contributed by atoms with Gasteiger partial charge in [0, 0.05) is 22.7 Å². The minimum Gasteiger partial charge on any atom is -0.365 e. The summed E-state index contributed by atoms with van der Waals surface area (Å²) in [6, 6.07) is 20.2. The van der Waals surface area contributed by atoms with Crippen molar-refractivity contribution in [1.29, 1.82) is 0 Å². The molecule has 6 rings (SSSR count). The first kappa shape index (κ1) is 45.8. The fourth-order valence-corrected chi connectivity index (χ4v) is 9.34. The third-order valence-electron chi connectivity index (χ3n) is 11.5. The van der Waals surface area contributed by atoms with Gasteiger partial charge in [-0.1, -0.05) is 192 Å².